The molecular formula is C11H14O3S. The molecule has 0 fully saturated rings. The standard InChI is InChI=1S/C11H14O3S/c1-14-10-4-2-9(3-5-10)8-15-7-6-11(12)13/h2-5H,6-8H2,1H3,(H,12,13). The van der Waals surface area contributed by atoms with Gasteiger partial charge in [0.2, 0.25) is 0 Å². The summed E-state index contributed by atoms with van der Waals surface area (Å²) in [6, 6.07) is 7.80. The Labute approximate surface area is 93.4 Å². The highest BCUT2D eigenvalue weighted by molar-refractivity contribution is 7.98. The zero-order valence-corrected chi connectivity index (χ0v) is 9.42. The summed E-state index contributed by atoms with van der Waals surface area (Å²) in [6.45, 7) is 0. The minimum Gasteiger partial charge on any atom is -0.497 e. The predicted molar refractivity (Wildman–Crippen MR) is 61.4 cm³/mol. The third kappa shape index (κ3) is 4.74. The number of benzene rings is 1. The van der Waals surface area contributed by atoms with Crippen LogP contribution in [-0.4, -0.2) is 23.9 Å². The maximum absolute atomic E-state index is 10.3. The average Bonchev–Trinajstić information content (AvgIpc) is 2.25. The number of carboxylic acids is 1. The van der Waals surface area contributed by atoms with E-state index >= 15 is 0 Å². The zero-order chi connectivity index (χ0) is 11.1. The first-order valence-corrected chi connectivity index (χ1v) is 5.80. The van der Waals surface area contributed by atoms with Crippen molar-refractivity contribution in [3.8, 4) is 5.75 Å². The Bertz CT molecular complexity index is 308. The number of carboxylic acid groups (broad SMARTS) is 1. The molecule has 0 heterocycles. The van der Waals surface area contributed by atoms with Gasteiger partial charge in [0.15, 0.2) is 0 Å². The number of rotatable bonds is 6. The maximum atomic E-state index is 10.3. The number of aliphatic carboxylic acids is 1. The molecule has 1 rings (SSSR count). The topological polar surface area (TPSA) is 46.5 Å². The molecule has 0 aliphatic carbocycles. The number of thioether (sulfide) groups is 1. The zero-order valence-electron chi connectivity index (χ0n) is 8.60. The van der Waals surface area contributed by atoms with E-state index in [1.807, 2.05) is 24.3 Å². The van der Waals surface area contributed by atoms with Crippen LogP contribution in [0.3, 0.4) is 0 Å². The Kier molecular flexibility index (Phi) is 5.04. The van der Waals surface area contributed by atoms with E-state index in [4.69, 9.17) is 9.84 Å². The molecule has 82 valence electrons. The molecule has 0 saturated carbocycles. The molecule has 0 unspecified atom stereocenters. The lowest BCUT2D eigenvalue weighted by molar-refractivity contribution is -0.136. The van der Waals surface area contributed by atoms with Gasteiger partial charge in [-0.3, -0.25) is 4.79 Å². The SMILES string of the molecule is COc1ccc(CSCCC(=O)O)cc1. The molecule has 0 amide bonds. The highest BCUT2D eigenvalue weighted by Crippen LogP contribution is 2.16. The summed E-state index contributed by atoms with van der Waals surface area (Å²) >= 11 is 1.63. The first kappa shape index (κ1) is 11.9. The van der Waals surface area contributed by atoms with E-state index in [0.29, 0.717) is 5.75 Å². The fraction of sp³-hybridized carbons (Fsp3) is 0.364. The molecule has 3 nitrogen and oxygen atoms in total. The minimum absolute atomic E-state index is 0.223. The van der Waals surface area contributed by atoms with E-state index in [1.165, 1.54) is 5.56 Å². The van der Waals surface area contributed by atoms with E-state index in [2.05, 4.69) is 0 Å². The van der Waals surface area contributed by atoms with Crippen LogP contribution in [0.5, 0.6) is 5.75 Å². The molecule has 15 heavy (non-hydrogen) atoms. The summed E-state index contributed by atoms with van der Waals surface area (Å²) in [7, 11) is 1.64. The van der Waals surface area contributed by atoms with E-state index in [0.717, 1.165) is 11.5 Å². The quantitative estimate of drug-likeness (QED) is 0.757. The van der Waals surface area contributed by atoms with Gasteiger partial charge in [-0.1, -0.05) is 12.1 Å². The Morgan fingerprint density at radius 2 is 2.07 bits per heavy atom. The number of ether oxygens (including phenoxy) is 1. The monoisotopic (exact) mass is 226 g/mol. The molecule has 0 radical (unpaired) electrons. The average molecular weight is 226 g/mol. The first-order chi connectivity index (χ1) is 7.22. The fourth-order valence-corrected chi connectivity index (χ4v) is 1.96. The van der Waals surface area contributed by atoms with Crippen LogP contribution in [0.25, 0.3) is 0 Å². The summed E-state index contributed by atoms with van der Waals surface area (Å²) in [4.78, 5) is 10.3. The summed E-state index contributed by atoms with van der Waals surface area (Å²) in [6.07, 6.45) is 0.223. The Morgan fingerprint density at radius 1 is 1.40 bits per heavy atom. The van der Waals surface area contributed by atoms with Crippen molar-refractivity contribution in [1.82, 2.24) is 0 Å². The molecule has 0 aliphatic heterocycles. The Hall–Kier alpha value is -1.16. The number of methoxy groups -OCH3 is 1. The van der Waals surface area contributed by atoms with E-state index in [1.54, 1.807) is 18.9 Å². The molecule has 0 aromatic heterocycles. The van der Waals surface area contributed by atoms with Crippen LogP contribution in [0, 0.1) is 0 Å². The van der Waals surface area contributed by atoms with Crippen molar-refractivity contribution >= 4 is 17.7 Å². The van der Waals surface area contributed by atoms with E-state index < -0.39 is 5.97 Å². The van der Waals surface area contributed by atoms with Gasteiger partial charge in [0.05, 0.1) is 13.5 Å². The molecule has 4 heteroatoms. The summed E-state index contributed by atoms with van der Waals surface area (Å²) in [5.74, 6) is 1.60. The molecule has 0 atom stereocenters. The fourth-order valence-electron chi connectivity index (χ4n) is 1.07. The molecular weight excluding hydrogens is 212 g/mol. The van der Waals surface area contributed by atoms with Gasteiger partial charge >= 0.3 is 5.97 Å². The highest BCUT2D eigenvalue weighted by atomic mass is 32.2. The van der Waals surface area contributed by atoms with E-state index in [9.17, 15) is 4.79 Å². The predicted octanol–water partition coefficient (Wildman–Crippen LogP) is 2.40. The Morgan fingerprint density at radius 3 is 2.60 bits per heavy atom. The highest BCUT2D eigenvalue weighted by Gasteiger charge is 1.98. The second kappa shape index (κ2) is 6.35. The van der Waals surface area contributed by atoms with Crippen LogP contribution < -0.4 is 4.74 Å². The van der Waals surface area contributed by atoms with Crippen molar-refractivity contribution in [3.05, 3.63) is 29.8 Å². The van der Waals surface area contributed by atoms with Gasteiger partial charge in [-0.05, 0) is 17.7 Å². The largest absolute Gasteiger partial charge is 0.497 e. The van der Waals surface area contributed by atoms with Crippen LogP contribution in [0.15, 0.2) is 24.3 Å². The van der Waals surface area contributed by atoms with Crippen LogP contribution in [0.1, 0.15) is 12.0 Å². The minimum atomic E-state index is -0.739. The van der Waals surface area contributed by atoms with Gasteiger partial charge in [0.25, 0.3) is 0 Å². The molecule has 1 aromatic carbocycles. The normalized spacial score (nSPS) is 9.93. The molecule has 0 saturated heterocycles. The lowest BCUT2D eigenvalue weighted by Gasteiger charge is -2.02. The number of hydrogen-bond donors (Lipinski definition) is 1. The molecule has 1 N–H and O–H groups in total. The van der Waals surface area contributed by atoms with Crippen molar-refractivity contribution in [2.24, 2.45) is 0 Å². The molecule has 0 aliphatic rings. The van der Waals surface area contributed by atoms with Crippen LogP contribution >= 0.6 is 11.8 Å². The van der Waals surface area contributed by atoms with Crippen LogP contribution in [0.2, 0.25) is 0 Å². The smallest absolute Gasteiger partial charge is 0.304 e. The van der Waals surface area contributed by atoms with Crippen molar-refractivity contribution < 1.29 is 14.6 Å². The first-order valence-electron chi connectivity index (χ1n) is 4.65. The summed E-state index contributed by atoms with van der Waals surface area (Å²) < 4.78 is 5.04. The van der Waals surface area contributed by atoms with Crippen LogP contribution in [0.4, 0.5) is 0 Å². The second-order valence-corrected chi connectivity index (χ2v) is 4.15. The van der Waals surface area contributed by atoms with Crippen LogP contribution in [-0.2, 0) is 10.5 Å². The van der Waals surface area contributed by atoms with E-state index in [-0.39, 0.29) is 6.42 Å². The maximum Gasteiger partial charge on any atom is 0.304 e. The van der Waals surface area contributed by atoms with Gasteiger partial charge in [-0.25, -0.2) is 0 Å². The summed E-state index contributed by atoms with van der Waals surface area (Å²) in [5, 5.41) is 8.45. The lowest BCUT2D eigenvalue weighted by Crippen LogP contribution is -1.96. The van der Waals surface area contributed by atoms with Gasteiger partial charge in [-0.2, -0.15) is 11.8 Å². The van der Waals surface area contributed by atoms with Gasteiger partial charge in [-0.15, -0.1) is 0 Å². The van der Waals surface area contributed by atoms with Crippen molar-refractivity contribution in [2.75, 3.05) is 12.9 Å². The third-order valence-corrected chi connectivity index (χ3v) is 2.92. The Balaban J connectivity index is 2.28. The lowest BCUT2D eigenvalue weighted by atomic mass is 10.2. The third-order valence-electron chi connectivity index (χ3n) is 1.89. The van der Waals surface area contributed by atoms with Crippen molar-refractivity contribution in [2.45, 2.75) is 12.2 Å². The van der Waals surface area contributed by atoms with Gasteiger partial charge in [0, 0.05) is 11.5 Å². The number of carbonyl (C=O) groups is 1. The van der Waals surface area contributed by atoms with Crippen molar-refractivity contribution in [3.63, 3.8) is 0 Å². The molecule has 0 bridgehead atoms. The van der Waals surface area contributed by atoms with Gasteiger partial charge in [0.1, 0.15) is 5.75 Å². The molecule has 1 aromatic rings. The summed E-state index contributed by atoms with van der Waals surface area (Å²) in [5.41, 5.74) is 1.19. The van der Waals surface area contributed by atoms with Crippen molar-refractivity contribution in [1.29, 1.82) is 0 Å². The van der Waals surface area contributed by atoms with Gasteiger partial charge < -0.3 is 9.84 Å². The second-order valence-electron chi connectivity index (χ2n) is 3.04. The number of hydrogen-bond acceptors (Lipinski definition) is 3. The molecule has 0 spiro atoms.